The molecule has 0 spiro atoms. The molecule has 2 heterocycles. The quantitative estimate of drug-likeness (QED) is 0.564. The normalized spacial score (nSPS) is 15.0. The first-order valence-corrected chi connectivity index (χ1v) is 10.0. The van der Waals surface area contributed by atoms with Crippen LogP contribution in [0, 0.1) is 0 Å². The van der Waals surface area contributed by atoms with Gasteiger partial charge in [-0.25, -0.2) is 4.98 Å². The third kappa shape index (κ3) is 3.18. The highest BCUT2D eigenvalue weighted by Crippen LogP contribution is 2.36. The van der Waals surface area contributed by atoms with Gasteiger partial charge in [-0.05, 0) is 54.7 Å². The second-order valence-corrected chi connectivity index (χ2v) is 7.54. The molecular formula is C24H21N3O2. The monoisotopic (exact) mass is 383 g/mol. The van der Waals surface area contributed by atoms with Crippen LogP contribution in [0.25, 0.3) is 11.1 Å². The van der Waals surface area contributed by atoms with Crippen LogP contribution in [0.15, 0.2) is 60.8 Å². The summed E-state index contributed by atoms with van der Waals surface area (Å²) in [6.07, 6.45) is 5.36. The van der Waals surface area contributed by atoms with Crippen molar-refractivity contribution in [2.75, 3.05) is 23.3 Å². The predicted molar refractivity (Wildman–Crippen MR) is 114 cm³/mol. The maximum atomic E-state index is 12.7. The van der Waals surface area contributed by atoms with Crippen molar-refractivity contribution in [3.63, 3.8) is 0 Å². The molecule has 2 aliphatic rings. The zero-order valence-electron chi connectivity index (χ0n) is 16.0. The number of ketones is 1. The number of aromatic nitrogens is 1. The van der Waals surface area contributed by atoms with E-state index in [2.05, 4.69) is 15.2 Å². The van der Waals surface area contributed by atoms with E-state index in [0.29, 0.717) is 22.4 Å². The Labute approximate surface area is 169 Å². The summed E-state index contributed by atoms with van der Waals surface area (Å²) in [6.45, 7) is 2.06. The van der Waals surface area contributed by atoms with Crippen molar-refractivity contribution in [1.29, 1.82) is 0 Å². The summed E-state index contributed by atoms with van der Waals surface area (Å²) in [5.74, 6) is 0.672. The smallest absolute Gasteiger partial charge is 0.255 e. The molecule has 0 atom stereocenters. The molecule has 144 valence electrons. The lowest BCUT2D eigenvalue weighted by atomic mass is 10.0. The minimum Gasteiger partial charge on any atom is -0.357 e. The number of carbonyl (C=O) groups excluding carboxylic acids is 2. The van der Waals surface area contributed by atoms with Crippen molar-refractivity contribution in [2.24, 2.45) is 0 Å². The number of pyridine rings is 1. The summed E-state index contributed by atoms with van der Waals surface area (Å²) in [5, 5.41) is 2.88. The van der Waals surface area contributed by atoms with E-state index in [9.17, 15) is 9.59 Å². The lowest BCUT2D eigenvalue weighted by Crippen LogP contribution is -2.30. The lowest BCUT2D eigenvalue weighted by Gasteiger charge is -2.27. The molecule has 3 aromatic rings. The minimum atomic E-state index is -0.246. The Hall–Kier alpha value is -3.47. The number of benzene rings is 2. The van der Waals surface area contributed by atoms with Crippen LogP contribution in [0.2, 0.25) is 0 Å². The van der Waals surface area contributed by atoms with Gasteiger partial charge in [0.2, 0.25) is 0 Å². The van der Waals surface area contributed by atoms with E-state index in [1.165, 1.54) is 19.3 Å². The van der Waals surface area contributed by atoms with Crippen molar-refractivity contribution < 1.29 is 9.59 Å². The van der Waals surface area contributed by atoms with Gasteiger partial charge in [-0.1, -0.05) is 30.3 Å². The number of hydrogen-bond donors (Lipinski definition) is 1. The molecule has 1 aliphatic heterocycles. The number of hydrogen-bond acceptors (Lipinski definition) is 4. The molecule has 0 unspecified atom stereocenters. The van der Waals surface area contributed by atoms with Gasteiger partial charge in [-0.15, -0.1) is 0 Å². The zero-order chi connectivity index (χ0) is 19.8. The van der Waals surface area contributed by atoms with Gasteiger partial charge in [-0.3, -0.25) is 9.59 Å². The zero-order valence-corrected chi connectivity index (χ0v) is 16.0. The van der Waals surface area contributed by atoms with Gasteiger partial charge in [0.1, 0.15) is 5.82 Å². The summed E-state index contributed by atoms with van der Waals surface area (Å²) < 4.78 is 0. The first-order valence-electron chi connectivity index (χ1n) is 10.0. The topological polar surface area (TPSA) is 62.3 Å². The van der Waals surface area contributed by atoms with Gasteiger partial charge >= 0.3 is 0 Å². The van der Waals surface area contributed by atoms with Crippen LogP contribution in [0.5, 0.6) is 0 Å². The average molecular weight is 383 g/mol. The third-order valence-electron chi connectivity index (χ3n) is 5.67. The van der Waals surface area contributed by atoms with Gasteiger partial charge < -0.3 is 10.2 Å². The van der Waals surface area contributed by atoms with Crippen LogP contribution < -0.4 is 10.2 Å². The summed E-state index contributed by atoms with van der Waals surface area (Å²) in [7, 11) is 0. The van der Waals surface area contributed by atoms with Crippen LogP contribution in [0.1, 0.15) is 45.5 Å². The van der Waals surface area contributed by atoms with Crippen molar-refractivity contribution >= 4 is 23.2 Å². The first-order chi connectivity index (χ1) is 14.2. The molecule has 2 aromatic carbocycles. The number of rotatable bonds is 3. The van der Waals surface area contributed by atoms with Crippen molar-refractivity contribution in [1.82, 2.24) is 4.98 Å². The van der Waals surface area contributed by atoms with Gasteiger partial charge in [0.05, 0.1) is 11.9 Å². The average Bonchev–Trinajstić information content (AvgIpc) is 3.07. The van der Waals surface area contributed by atoms with E-state index in [-0.39, 0.29) is 11.7 Å². The number of carbonyl (C=O) groups is 2. The fraction of sp³-hybridized carbons (Fsp3) is 0.208. The Balaban J connectivity index is 1.34. The number of piperidine rings is 1. The van der Waals surface area contributed by atoms with Crippen LogP contribution in [-0.2, 0) is 0 Å². The highest BCUT2D eigenvalue weighted by molar-refractivity contribution is 6.22. The molecule has 1 N–H and O–H groups in total. The van der Waals surface area contributed by atoms with Crippen molar-refractivity contribution in [2.45, 2.75) is 19.3 Å². The summed E-state index contributed by atoms with van der Waals surface area (Å²) >= 11 is 0. The van der Waals surface area contributed by atoms with E-state index >= 15 is 0 Å². The minimum absolute atomic E-state index is 0.0298. The largest absolute Gasteiger partial charge is 0.357 e. The highest BCUT2D eigenvalue weighted by atomic mass is 16.1. The molecule has 0 bridgehead atoms. The van der Waals surface area contributed by atoms with Crippen LogP contribution in [0.3, 0.4) is 0 Å². The fourth-order valence-electron chi connectivity index (χ4n) is 4.14. The molecule has 0 saturated carbocycles. The molecule has 1 aromatic heterocycles. The molecule has 29 heavy (non-hydrogen) atoms. The standard InChI is InChI=1S/C24H21N3O2/c28-23-20-7-3-2-6-18(20)19-10-8-16(14-21(19)23)24(29)26-17-9-11-22(25-15-17)27-12-4-1-5-13-27/h2-3,6-11,14-15H,1,4-5,12-13H2,(H,26,29). The molecule has 1 fully saturated rings. The van der Waals surface area contributed by atoms with E-state index in [0.717, 1.165) is 30.0 Å². The number of amides is 1. The summed E-state index contributed by atoms with van der Waals surface area (Å²) in [5.41, 5.74) is 4.19. The maximum Gasteiger partial charge on any atom is 0.255 e. The summed E-state index contributed by atoms with van der Waals surface area (Å²) in [6, 6.07) is 16.7. The molecule has 5 nitrogen and oxygen atoms in total. The number of fused-ring (bicyclic) bond motifs is 3. The maximum absolute atomic E-state index is 12.7. The molecular weight excluding hydrogens is 362 g/mol. The number of nitrogens with zero attached hydrogens (tertiary/aromatic N) is 2. The van der Waals surface area contributed by atoms with E-state index in [4.69, 9.17) is 0 Å². The van der Waals surface area contributed by atoms with Gasteiger partial charge in [0.15, 0.2) is 5.78 Å². The van der Waals surface area contributed by atoms with Crippen LogP contribution in [0.4, 0.5) is 11.5 Å². The second-order valence-electron chi connectivity index (χ2n) is 7.54. The van der Waals surface area contributed by atoms with E-state index in [1.54, 1.807) is 18.3 Å². The Kier molecular flexibility index (Phi) is 4.35. The Morgan fingerprint density at radius 2 is 1.62 bits per heavy atom. The molecule has 1 saturated heterocycles. The number of nitrogens with one attached hydrogen (secondary N) is 1. The highest BCUT2D eigenvalue weighted by Gasteiger charge is 2.27. The molecule has 5 rings (SSSR count). The van der Waals surface area contributed by atoms with Crippen molar-refractivity contribution in [3.05, 3.63) is 77.5 Å². The SMILES string of the molecule is O=C(Nc1ccc(N2CCCCC2)nc1)c1ccc2c(c1)C(=O)c1ccccc1-2. The van der Waals surface area contributed by atoms with Crippen LogP contribution >= 0.6 is 0 Å². The van der Waals surface area contributed by atoms with Gasteiger partial charge in [-0.2, -0.15) is 0 Å². The second kappa shape index (κ2) is 7.17. The molecule has 1 aliphatic carbocycles. The first kappa shape index (κ1) is 17.6. The summed E-state index contributed by atoms with van der Waals surface area (Å²) in [4.78, 5) is 32.2. The number of anilines is 2. The van der Waals surface area contributed by atoms with E-state index < -0.39 is 0 Å². The van der Waals surface area contributed by atoms with Crippen molar-refractivity contribution in [3.8, 4) is 11.1 Å². The Bertz CT molecular complexity index is 1100. The van der Waals surface area contributed by atoms with Gasteiger partial charge in [0, 0.05) is 29.8 Å². The van der Waals surface area contributed by atoms with E-state index in [1.807, 2.05) is 42.5 Å². The Morgan fingerprint density at radius 3 is 2.38 bits per heavy atom. The Morgan fingerprint density at radius 1 is 0.862 bits per heavy atom. The third-order valence-corrected chi connectivity index (χ3v) is 5.67. The predicted octanol–water partition coefficient (Wildman–Crippen LogP) is 4.54. The molecule has 1 amide bonds. The molecule has 5 heteroatoms. The fourth-order valence-corrected chi connectivity index (χ4v) is 4.14. The lowest BCUT2D eigenvalue weighted by molar-refractivity contribution is 0.102. The van der Waals surface area contributed by atoms with Crippen LogP contribution in [-0.4, -0.2) is 29.8 Å². The molecule has 0 radical (unpaired) electrons. The van der Waals surface area contributed by atoms with Gasteiger partial charge in [0.25, 0.3) is 5.91 Å².